The molecule has 0 fully saturated rings. The Balaban J connectivity index is 2.19. The maximum atomic E-state index is 13.4. The van der Waals surface area contributed by atoms with Gasteiger partial charge in [0.15, 0.2) is 0 Å². The summed E-state index contributed by atoms with van der Waals surface area (Å²) in [6.07, 6.45) is 0. The largest absolute Gasteiger partial charge is 0.305 e. The number of hydrogen-bond donors (Lipinski definition) is 1. The molecule has 0 amide bonds. The van der Waals surface area contributed by atoms with Crippen molar-refractivity contribution in [2.75, 3.05) is 0 Å². The smallest absolute Gasteiger partial charge is 0.123 e. The molecule has 1 unspecified atom stereocenters. The second-order valence-corrected chi connectivity index (χ2v) is 7.18. The molecule has 2 aromatic carbocycles. The van der Waals surface area contributed by atoms with Gasteiger partial charge in [-0.25, -0.2) is 4.39 Å². The lowest BCUT2D eigenvalue weighted by atomic mass is 9.82. The van der Waals surface area contributed by atoms with E-state index < -0.39 is 0 Å². The van der Waals surface area contributed by atoms with Crippen molar-refractivity contribution < 1.29 is 4.39 Å². The highest BCUT2D eigenvalue weighted by Crippen LogP contribution is 2.33. The van der Waals surface area contributed by atoms with Gasteiger partial charge in [0.05, 0.1) is 0 Å². The van der Waals surface area contributed by atoms with Gasteiger partial charge >= 0.3 is 0 Å². The number of benzene rings is 2. The van der Waals surface area contributed by atoms with Gasteiger partial charge < -0.3 is 5.32 Å². The average molecular weight is 350 g/mol. The summed E-state index contributed by atoms with van der Waals surface area (Å²) < 4.78 is 14.3. The highest BCUT2D eigenvalue weighted by molar-refractivity contribution is 9.10. The fraction of sp³-hybridized carbons (Fsp3) is 0.333. The summed E-state index contributed by atoms with van der Waals surface area (Å²) in [5, 5.41) is 3.56. The first-order chi connectivity index (χ1) is 9.88. The Morgan fingerprint density at radius 3 is 2.38 bits per heavy atom. The van der Waals surface area contributed by atoms with Crippen LogP contribution in [-0.2, 0) is 6.54 Å². The molecule has 0 bridgehead atoms. The summed E-state index contributed by atoms with van der Waals surface area (Å²) in [7, 11) is 0. The topological polar surface area (TPSA) is 12.0 Å². The third-order valence-corrected chi connectivity index (χ3v) is 4.28. The van der Waals surface area contributed by atoms with Gasteiger partial charge in [0, 0.05) is 17.1 Å². The first kappa shape index (κ1) is 16.2. The molecular weight excluding hydrogens is 329 g/mol. The lowest BCUT2D eigenvalue weighted by Crippen LogP contribution is -2.32. The predicted octanol–water partition coefficient (Wildman–Crippen LogP) is 5.47. The average Bonchev–Trinajstić information content (AvgIpc) is 2.42. The molecule has 2 aromatic rings. The molecule has 0 radical (unpaired) electrons. The molecular formula is C18H21BrFN. The van der Waals surface area contributed by atoms with E-state index in [4.69, 9.17) is 0 Å². The van der Waals surface area contributed by atoms with Crippen LogP contribution in [0.4, 0.5) is 4.39 Å². The van der Waals surface area contributed by atoms with Crippen LogP contribution in [0.5, 0.6) is 0 Å². The summed E-state index contributed by atoms with van der Waals surface area (Å²) >= 11 is 3.48. The number of hydrogen-bond acceptors (Lipinski definition) is 1. The van der Waals surface area contributed by atoms with Crippen molar-refractivity contribution >= 4 is 15.9 Å². The quantitative estimate of drug-likeness (QED) is 0.772. The number of nitrogens with one attached hydrogen (secondary N) is 1. The Kier molecular flexibility index (Phi) is 5.17. The lowest BCUT2D eigenvalue weighted by molar-refractivity contribution is 0.271. The van der Waals surface area contributed by atoms with Crippen LogP contribution in [0.25, 0.3) is 0 Å². The second kappa shape index (κ2) is 6.71. The minimum atomic E-state index is -0.206. The zero-order valence-electron chi connectivity index (χ0n) is 12.7. The molecule has 0 saturated heterocycles. The first-order valence-electron chi connectivity index (χ1n) is 7.10. The van der Waals surface area contributed by atoms with Crippen molar-refractivity contribution in [1.82, 2.24) is 5.32 Å². The molecule has 0 aromatic heterocycles. The Morgan fingerprint density at radius 2 is 1.76 bits per heavy atom. The maximum Gasteiger partial charge on any atom is 0.123 e. The van der Waals surface area contributed by atoms with Gasteiger partial charge in [-0.15, -0.1) is 0 Å². The van der Waals surface area contributed by atoms with Gasteiger partial charge in [0.2, 0.25) is 0 Å². The Bertz CT molecular complexity index is 590. The van der Waals surface area contributed by atoms with Crippen LogP contribution in [0.2, 0.25) is 0 Å². The molecule has 2 rings (SSSR count). The zero-order chi connectivity index (χ0) is 15.5. The molecule has 0 aliphatic carbocycles. The van der Waals surface area contributed by atoms with E-state index in [9.17, 15) is 4.39 Å². The van der Waals surface area contributed by atoms with Crippen LogP contribution >= 0.6 is 15.9 Å². The van der Waals surface area contributed by atoms with Crippen molar-refractivity contribution in [3.8, 4) is 0 Å². The van der Waals surface area contributed by atoms with Gasteiger partial charge in [-0.3, -0.25) is 0 Å². The van der Waals surface area contributed by atoms with Crippen molar-refractivity contribution in [2.45, 2.75) is 33.4 Å². The molecule has 0 aliphatic heterocycles. The van der Waals surface area contributed by atoms with E-state index in [1.54, 1.807) is 12.1 Å². The summed E-state index contributed by atoms with van der Waals surface area (Å²) in [4.78, 5) is 0. The third-order valence-electron chi connectivity index (χ3n) is 3.50. The molecule has 3 heteroatoms. The molecule has 0 heterocycles. The van der Waals surface area contributed by atoms with Crippen molar-refractivity contribution in [3.05, 3.63) is 69.9 Å². The van der Waals surface area contributed by atoms with E-state index in [-0.39, 0.29) is 17.3 Å². The maximum absolute atomic E-state index is 13.4. The minimum absolute atomic E-state index is 0.0706. The SMILES string of the molecule is CC(C)(C)C(NCc1cc(F)ccc1Br)c1ccccc1. The van der Waals surface area contributed by atoms with Crippen LogP contribution in [0.1, 0.15) is 37.9 Å². The van der Waals surface area contributed by atoms with Crippen LogP contribution in [0.15, 0.2) is 53.0 Å². The molecule has 1 atom stereocenters. The van der Waals surface area contributed by atoms with Gasteiger partial charge in [-0.05, 0) is 34.7 Å². The van der Waals surface area contributed by atoms with Crippen LogP contribution in [-0.4, -0.2) is 0 Å². The monoisotopic (exact) mass is 349 g/mol. The normalized spacial score (nSPS) is 13.2. The summed E-state index contributed by atoms with van der Waals surface area (Å²) in [6.45, 7) is 7.24. The predicted molar refractivity (Wildman–Crippen MR) is 89.6 cm³/mol. The van der Waals surface area contributed by atoms with E-state index in [0.29, 0.717) is 6.54 Å². The van der Waals surface area contributed by atoms with Crippen LogP contribution in [0, 0.1) is 11.2 Å². The van der Waals surface area contributed by atoms with E-state index in [1.165, 1.54) is 11.6 Å². The van der Waals surface area contributed by atoms with Gasteiger partial charge in [-0.1, -0.05) is 67.0 Å². The highest BCUT2D eigenvalue weighted by Gasteiger charge is 2.25. The van der Waals surface area contributed by atoms with Crippen LogP contribution < -0.4 is 5.32 Å². The fourth-order valence-electron chi connectivity index (χ4n) is 2.46. The Morgan fingerprint density at radius 1 is 1.10 bits per heavy atom. The lowest BCUT2D eigenvalue weighted by Gasteiger charge is -2.32. The van der Waals surface area contributed by atoms with Gasteiger partial charge in [0.25, 0.3) is 0 Å². The van der Waals surface area contributed by atoms with E-state index in [1.807, 2.05) is 18.2 Å². The van der Waals surface area contributed by atoms with E-state index in [2.05, 4.69) is 54.2 Å². The van der Waals surface area contributed by atoms with E-state index >= 15 is 0 Å². The van der Waals surface area contributed by atoms with Crippen molar-refractivity contribution in [3.63, 3.8) is 0 Å². The molecule has 1 nitrogen and oxygen atoms in total. The fourth-order valence-corrected chi connectivity index (χ4v) is 2.85. The summed E-state index contributed by atoms with van der Waals surface area (Å²) in [5.74, 6) is -0.206. The molecule has 0 saturated carbocycles. The standard InChI is InChI=1S/C18H21BrFN/c1-18(2,3)17(13-7-5-4-6-8-13)21-12-14-11-15(20)9-10-16(14)19/h4-11,17,21H,12H2,1-3H3. The van der Waals surface area contributed by atoms with Crippen molar-refractivity contribution in [2.24, 2.45) is 5.41 Å². The van der Waals surface area contributed by atoms with Gasteiger partial charge in [-0.2, -0.15) is 0 Å². The Hall–Kier alpha value is -1.19. The highest BCUT2D eigenvalue weighted by atomic mass is 79.9. The number of halogens is 2. The molecule has 112 valence electrons. The van der Waals surface area contributed by atoms with Crippen LogP contribution in [0.3, 0.4) is 0 Å². The summed E-state index contributed by atoms with van der Waals surface area (Å²) in [6, 6.07) is 15.4. The van der Waals surface area contributed by atoms with Gasteiger partial charge in [0.1, 0.15) is 5.82 Å². The molecule has 0 aliphatic rings. The Labute approximate surface area is 134 Å². The van der Waals surface area contributed by atoms with Crippen molar-refractivity contribution in [1.29, 1.82) is 0 Å². The molecule has 0 spiro atoms. The number of rotatable bonds is 4. The first-order valence-corrected chi connectivity index (χ1v) is 7.89. The minimum Gasteiger partial charge on any atom is -0.305 e. The third kappa shape index (κ3) is 4.39. The zero-order valence-corrected chi connectivity index (χ0v) is 14.2. The molecule has 21 heavy (non-hydrogen) atoms. The van der Waals surface area contributed by atoms with E-state index in [0.717, 1.165) is 10.0 Å². The molecule has 1 N–H and O–H groups in total. The second-order valence-electron chi connectivity index (χ2n) is 6.33. The summed E-state index contributed by atoms with van der Waals surface area (Å²) in [5.41, 5.74) is 2.25.